The van der Waals surface area contributed by atoms with Gasteiger partial charge in [-0.3, -0.25) is 14.2 Å². The highest BCUT2D eigenvalue weighted by Crippen LogP contribution is 2.31. The van der Waals surface area contributed by atoms with Gasteiger partial charge in [0.1, 0.15) is 12.4 Å². The van der Waals surface area contributed by atoms with Crippen LogP contribution in [0.15, 0.2) is 82.7 Å². The molecule has 33 heavy (non-hydrogen) atoms. The predicted molar refractivity (Wildman–Crippen MR) is 124 cm³/mol. The number of fused-ring (bicyclic) bond motifs is 2. The summed E-state index contributed by atoms with van der Waals surface area (Å²) in [4.78, 5) is 30.6. The molecule has 1 aliphatic rings. The molecule has 0 bridgehead atoms. The van der Waals surface area contributed by atoms with E-state index >= 15 is 0 Å². The smallest absolute Gasteiger partial charge is 0.262 e. The number of hydrogen-bond donors (Lipinski definition) is 0. The lowest BCUT2D eigenvalue weighted by Gasteiger charge is -2.27. The van der Waals surface area contributed by atoms with Crippen LogP contribution in [0.25, 0.3) is 10.9 Å². The first-order valence-electron chi connectivity index (χ1n) is 10.4. The molecular weight excluding hydrogens is 443 g/mol. The topological polar surface area (TPSA) is 70.4 Å². The van der Waals surface area contributed by atoms with Crippen LogP contribution in [-0.2, 0) is 6.54 Å². The van der Waals surface area contributed by atoms with Crippen LogP contribution < -0.4 is 15.0 Å². The number of ether oxygens (including phenoxy) is 2. The van der Waals surface area contributed by atoms with Crippen molar-refractivity contribution in [2.45, 2.75) is 17.8 Å². The zero-order valence-corrected chi connectivity index (χ0v) is 18.3. The van der Waals surface area contributed by atoms with E-state index in [0.717, 1.165) is 0 Å². The van der Waals surface area contributed by atoms with Crippen molar-refractivity contribution in [1.82, 2.24) is 9.55 Å². The Morgan fingerprint density at radius 3 is 2.58 bits per heavy atom. The van der Waals surface area contributed by atoms with Gasteiger partial charge in [-0.2, -0.15) is 0 Å². The van der Waals surface area contributed by atoms with Crippen molar-refractivity contribution < 1.29 is 18.7 Å². The van der Waals surface area contributed by atoms with E-state index in [4.69, 9.17) is 9.47 Å². The molecule has 1 aliphatic heterocycles. The van der Waals surface area contributed by atoms with Crippen molar-refractivity contribution in [2.24, 2.45) is 0 Å². The lowest BCUT2D eigenvalue weighted by Crippen LogP contribution is -2.37. The fourth-order valence-corrected chi connectivity index (χ4v) is 4.53. The van der Waals surface area contributed by atoms with E-state index in [2.05, 4.69) is 4.98 Å². The van der Waals surface area contributed by atoms with E-state index in [1.807, 2.05) is 30.3 Å². The molecule has 0 saturated heterocycles. The van der Waals surface area contributed by atoms with Crippen LogP contribution >= 0.6 is 11.8 Å². The summed E-state index contributed by atoms with van der Waals surface area (Å²) in [6, 6.07) is 19.9. The van der Waals surface area contributed by atoms with Gasteiger partial charge in [-0.1, -0.05) is 36.0 Å². The molecule has 0 unspecified atom stereocenters. The molecule has 0 aliphatic carbocycles. The van der Waals surface area contributed by atoms with E-state index < -0.39 is 11.9 Å². The maximum atomic E-state index is 13.3. The molecule has 0 N–H and O–H groups in total. The number of ketones is 1. The number of halogens is 1. The third-order valence-corrected chi connectivity index (χ3v) is 6.26. The molecule has 2 heterocycles. The molecule has 0 saturated carbocycles. The van der Waals surface area contributed by atoms with Crippen molar-refractivity contribution >= 4 is 28.4 Å². The second-order valence-corrected chi connectivity index (χ2v) is 8.49. The van der Waals surface area contributed by atoms with Crippen LogP contribution in [-0.4, -0.2) is 33.8 Å². The van der Waals surface area contributed by atoms with Gasteiger partial charge in [-0.05, 0) is 48.5 Å². The lowest BCUT2D eigenvalue weighted by atomic mass is 10.1. The Bertz CT molecular complexity index is 1390. The van der Waals surface area contributed by atoms with Gasteiger partial charge in [0.25, 0.3) is 5.56 Å². The van der Waals surface area contributed by atoms with Crippen molar-refractivity contribution in [3.63, 3.8) is 0 Å². The highest BCUT2D eigenvalue weighted by molar-refractivity contribution is 7.99. The molecular formula is C25H19FN2O4S. The molecule has 8 heteroatoms. The minimum absolute atomic E-state index is 0.0568. The molecule has 6 nitrogen and oxygen atoms in total. The fraction of sp³-hybridized carbons (Fsp3) is 0.160. The van der Waals surface area contributed by atoms with E-state index in [1.165, 1.54) is 40.6 Å². The largest absolute Gasteiger partial charge is 0.486 e. The number of nitrogens with zero attached hydrogens (tertiary/aromatic N) is 2. The standard InChI is InChI=1S/C25H19FN2O4S/c26-17-11-9-16(10-12-17)21(29)15-33-25-27-20-6-2-1-5-19(20)24(30)28(25)13-18-14-31-22-7-3-4-8-23(22)32-18/h1-12,18H,13-15H2/t18-/m0/s1. The Hall–Kier alpha value is -3.65. The number of carbonyl (C=O) groups excluding carboxylic acids is 1. The summed E-state index contributed by atoms with van der Waals surface area (Å²) in [6.07, 6.45) is -0.396. The van der Waals surface area contributed by atoms with E-state index in [9.17, 15) is 14.0 Å². The van der Waals surface area contributed by atoms with Crippen molar-refractivity contribution in [3.8, 4) is 11.5 Å². The highest BCUT2D eigenvalue weighted by atomic mass is 32.2. The van der Waals surface area contributed by atoms with Gasteiger partial charge in [-0.25, -0.2) is 9.37 Å². The van der Waals surface area contributed by atoms with Crippen molar-refractivity contribution in [2.75, 3.05) is 12.4 Å². The normalized spacial score (nSPS) is 14.9. The minimum atomic E-state index is -0.402. The molecule has 166 valence electrons. The van der Waals surface area contributed by atoms with Crippen LogP contribution in [0, 0.1) is 5.82 Å². The molecule has 0 radical (unpaired) electrons. The Kier molecular flexibility index (Phi) is 5.83. The van der Waals surface area contributed by atoms with Crippen LogP contribution in [0.1, 0.15) is 10.4 Å². The number of benzene rings is 3. The van der Waals surface area contributed by atoms with Gasteiger partial charge in [0.2, 0.25) is 0 Å². The fourth-order valence-electron chi connectivity index (χ4n) is 3.62. The first-order valence-corrected chi connectivity index (χ1v) is 11.4. The average Bonchev–Trinajstić information content (AvgIpc) is 2.85. The lowest BCUT2D eigenvalue weighted by molar-refractivity contribution is 0.0757. The van der Waals surface area contributed by atoms with E-state index in [-0.39, 0.29) is 30.2 Å². The summed E-state index contributed by atoms with van der Waals surface area (Å²) in [5.74, 6) is 0.760. The van der Waals surface area contributed by atoms with Gasteiger partial charge in [0, 0.05) is 5.56 Å². The van der Waals surface area contributed by atoms with Crippen LogP contribution in [0.2, 0.25) is 0 Å². The number of thioether (sulfide) groups is 1. The first-order chi connectivity index (χ1) is 16.1. The molecule has 0 amide bonds. The van der Waals surface area contributed by atoms with Gasteiger partial charge < -0.3 is 9.47 Å². The van der Waals surface area contributed by atoms with Gasteiger partial charge in [-0.15, -0.1) is 0 Å². The highest BCUT2D eigenvalue weighted by Gasteiger charge is 2.24. The number of Topliss-reactive ketones (excluding diaryl/α,β-unsaturated/α-hetero) is 1. The quantitative estimate of drug-likeness (QED) is 0.241. The summed E-state index contributed by atoms with van der Waals surface area (Å²) in [5.41, 5.74) is 0.751. The minimum Gasteiger partial charge on any atom is -0.486 e. The second-order valence-electron chi connectivity index (χ2n) is 7.54. The van der Waals surface area contributed by atoms with Gasteiger partial charge in [0.15, 0.2) is 28.5 Å². The number of carbonyl (C=O) groups is 1. The maximum Gasteiger partial charge on any atom is 0.262 e. The van der Waals surface area contributed by atoms with Crippen LogP contribution in [0.3, 0.4) is 0 Å². The second kappa shape index (κ2) is 9.07. The predicted octanol–water partition coefficient (Wildman–Crippen LogP) is 4.35. The molecule has 5 rings (SSSR count). The third kappa shape index (κ3) is 4.47. The molecule has 3 aromatic carbocycles. The molecule has 4 aromatic rings. The summed E-state index contributed by atoms with van der Waals surface area (Å²) >= 11 is 1.17. The SMILES string of the molecule is O=C(CSc1nc2ccccc2c(=O)n1C[C@H]1COc2ccccc2O1)c1ccc(F)cc1. The molecule has 0 spiro atoms. The Labute approximate surface area is 193 Å². The Morgan fingerprint density at radius 2 is 1.76 bits per heavy atom. The number of hydrogen-bond acceptors (Lipinski definition) is 6. The summed E-state index contributed by atoms with van der Waals surface area (Å²) in [6.45, 7) is 0.507. The maximum absolute atomic E-state index is 13.3. The van der Waals surface area contributed by atoms with E-state index in [1.54, 1.807) is 18.2 Å². The summed E-state index contributed by atoms with van der Waals surface area (Å²) < 4.78 is 26.5. The van der Waals surface area contributed by atoms with Gasteiger partial charge in [0.05, 0.1) is 23.2 Å². The summed E-state index contributed by atoms with van der Waals surface area (Å²) in [7, 11) is 0. The average molecular weight is 463 g/mol. The zero-order chi connectivity index (χ0) is 22.8. The van der Waals surface area contributed by atoms with Crippen LogP contribution in [0.4, 0.5) is 4.39 Å². The molecule has 1 atom stereocenters. The van der Waals surface area contributed by atoms with E-state index in [0.29, 0.717) is 33.1 Å². The van der Waals surface area contributed by atoms with Gasteiger partial charge >= 0.3 is 0 Å². The Morgan fingerprint density at radius 1 is 1.03 bits per heavy atom. The van der Waals surface area contributed by atoms with Crippen LogP contribution in [0.5, 0.6) is 11.5 Å². The summed E-state index contributed by atoms with van der Waals surface area (Å²) in [5, 5.41) is 0.903. The third-order valence-electron chi connectivity index (χ3n) is 5.28. The van der Waals surface area contributed by atoms with Crippen molar-refractivity contribution in [3.05, 3.63) is 94.5 Å². The van der Waals surface area contributed by atoms with Crippen molar-refractivity contribution in [1.29, 1.82) is 0 Å². The first kappa shape index (κ1) is 21.2. The number of para-hydroxylation sites is 3. The number of aromatic nitrogens is 2. The Balaban J connectivity index is 1.43. The molecule has 0 fully saturated rings. The molecule has 1 aromatic heterocycles. The monoisotopic (exact) mass is 462 g/mol. The number of rotatable bonds is 6. The zero-order valence-electron chi connectivity index (χ0n) is 17.4.